The predicted molar refractivity (Wildman–Crippen MR) is 119 cm³/mol. The molecule has 4 rings (SSSR count). The molecule has 32 heavy (non-hydrogen) atoms. The summed E-state index contributed by atoms with van der Waals surface area (Å²) in [7, 11) is 1.58. The van der Waals surface area contributed by atoms with Crippen LogP contribution in [0, 0.1) is 18.3 Å². The lowest BCUT2D eigenvalue weighted by atomic mass is 10.1. The molecule has 1 aliphatic rings. The van der Waals surface area contributed by atoms with Crippen molar-refractivity contribution in [2.45, 2.75) is 51.2 Å². The van der Waals surface area contributed by atoms with Gasteiger partial charge in [0, 0.05) is 23.9 Å². The molecule has 3 heterocycles. The van der Waals surface area contributed by atoms with Crippen LogP contribution in [0.2, 0.25) is 0 Å². The second kappa shape index (κ2) is 9.62. The number of aromatic amines is 1. The van der Waals surface area contributed by atoms with Gasteiger partial charge in [-0.25, -0.2) is 15.0 Å². The summed E-state index contributed by atoms with van der Waals surface area (Å²) in [6, 6.07) is 5.82. The summed E-state index contributed by atoms with van der Waals surface area (Å²) in [5.74, 6) is 2.14. The molecule has 10 heteroatoms. The van der Waals surface area contributed by atoms with E-state index < -0.39 is 0 Å². The molecule has 3 aromatic heterocycles. The van der Waals surface area contributed by atoms with Crippen LogP contribution in [0.15, 0.2) is 24.5 Å². The summed E-state index contributed by atoms with van der Waals surface area (Å²) in [5, 5.41) is 19.3. The van der Waals surface area contributed by atoms with Crippen LogP contribution >= 0.6 is 0 Å². The number of nitriles is 1. The Labute approximate surface area is 186 Å². The number of anilines is 2. The Balaban J connectivity index is 1.62. The zero-order chi connectivity index (χ0) is 22.5. The van der Waals surface area contributed by atoms with Crippen LogP contribution in [0.4, 0.5) is 11.6 Å². The zero-order valence-corrected chi connectivity index (χ0v) is 18.1. The fraction of sp³-hybridized carbons (Fsp3) is 0.409. The molecule has 0 bridgehead atoms. The molecule has 1 fully saturated rings. The molecule has 1 aliphatic carbocycles. The van der Waals surface area contributed by atoms with Crippen molar-refractivity contribution in [3.05, 3.63) is 35.9 Å². The van der Waals surface area contributed by atoms with Gasteiger partial charge in [0.25, 0.3) is 0 Å². The third-order valence-electron chi connectivity index (χ3n) is 5.35. The van der Waals surface area contributed by atoms with Crippen molar-refractivity contribution in [2.24, 2.45) is 5.73 Å². The van der Waals surface area contributed by atoms with Crippen molar-refractivity contribution in [3.63, 3.8) is 0 Å². The highest BCUT2D eigenvalue weighted by atomic mass is 16.5. The van der Waals surface area contributed by atoms with E-state index in [4.69, 9.17) is 20.5 Å². The molecule has 0 saturated heterocycles. The van der Waals surface area contributed by atoms with Crippen LogP contribution in [0.25, 0.3) is 11.3 Å². The first kappa shape index (κ1) is 21.5. The largest absolute Gasteiger partial charge is 0.489 e. The smallest absolute Gasteiger partial charge is 0.226 e. The van der Waals surface area contributed by atoms with E-state index in [1.165, 1.54) is 12.4 Å². The molecular weight excluding hydrogens is 408 g/mol. The fourth-order valence-electron chi connectivity index (χ4n) is 3.84. The Morgan fingerprint density at radius 2 is 2.03 bits per heavy atom. The Morgan fingerprint density at radius 1 is 1.19 bits per heavy atom. The molecule has 4 N–H and O–H groups in total. The molecule has 10 nitrogen and oxygen atoms in total. The van der Waals surface area contributed by atoms with Crippen LogP contribution in [-0.2, 0) is 0 Å². The van der Waals surface area contributed by atoms with E-state index in [9.17, 15) is 0 Å². The first-order chi connectivity index (χ1) is 15.6. The van der Waals surface area contributed by atoms with Crippen molar-refractivity contribution in [1.82, 2.24) is 25.1 Å². The highest BCUT2D eigenvalue weighted by Crippen LogP contribution is 2.39. The van der Waals surface area contributed by atoms with Crippen molar-refractivity contribution >= 4 is 11.6 Å². The van der Waals surface area contributed by atoms with Gasteiger partial charge in [-0.15, -0.1) is 0 Å². The topological polar surface area (TPSA) is 148 Å². The van der Waals surface area contributed by atoms with Crippen molar-refractivity contribution in [2.75, 3.05) is 12.4 Å². The second-order valence-electron chi connectivity index (χ2n) is 7.86. The molecule has 0 unspecified atom stereocenters. The van der Waals surface area contributed by atoms with Crippen molar-refractivity contribution < 1.29 is 9.47 Å². The number of rotatable bonds is 6. The lowest BCUT2D eigenvalue weighted by molar-refractivity contribution is 0.178. The maximum absolute atomic E-state index is 8.86. The molecule has 166 valence electrons. The minimum Gasteiger partial charge on any atom is -0.489 e. The number of pyridine rings is 1. The van der Waals surface area contributed by atoms with Gasteiger partial charge in [-0.1, -0.05) is 6.42 Å². The number of nitrogens with two attached hydrogens (primary N) is 1. The normalized spacial score (nSPS) is 18.4. The molecule has 0 spiro atoms. The van der Waals surface area contributed by atoms with Gasteiger partial charge in [0.05, 0.1) is 25.2 Å². The Bertz CT molecular complexity index is 1110. The molecule has 1 saturated carbocycles. The van der Waals surface area contributed by atoms with Crippen molar-refractivity contribution in [1.29, 1.82) is 5.26 Å². The van der Waals surface area contributed by atoms with Gasteiger partial charge >= 0.3 is 0 Å². The second-order valence-corrected chi connectivity index (χ2v) is 7.86. The molecular formula is C22H26N8O2. The molecule has 0 aliphatic heterocycles. The molecule has 0 aromatic carbocycles. The first-order valence-electron chi connectivity index (χ1n) is 10.6. The standard InChI is InChI=1S/C22H26N8O2/c1-13-7-18(32-16-6-4-3-5-14(24)8-16)21(22(27-13)31-2)17-9-19(30-29-17)28-20-12-25-15(10-23)11-26-20/h7,9,11-12,14,16H,3-6,8,24H2,1-2H3,(H2,26,28,29,30)/t14-,16-/m0/s1. The van der Waals surface area contributed by atoms with E-state index in [-0.39, 0.29) is 17.8 Å². The first-order valence-corrected chi connectivity index (χ1v) is 10.6. The quantitative estimate of drug-likeness (QED) is 0.497. The lowest BCUT2D eigenvalue weighted by Gasteiger charge is -2.22. The van der Waals surface area contributed by atoms with Crippen LogP contribution in [-0.4, -0.2) is 44.4 Å². The summed E-state index contributed by atoms with van der Waals surface area (Å²) < 4.78 is 12.0. The predicted octanol–water partition coefficient (Wildman–Crippen LogP) is 3.23. The monoisotopic (exact) mass is 434 g/mol. The van der Waals surface area contributed by atoms with Crippen LogP contribution in [0.5, 0.6) is 11.6 Å². The zero-order valence-electron chi connectivity index (χ0n) is 18.1. The molecule has 2 atom stereocenters. The summed E-state index contributed by atoms with van der Waals surface area (Å²) in [6.07, 6.45) is 7.93. The number of methoxy groups -OCH3 is 1. The van der Waals surface area contributed by atoms with Crippen LogP contribution < -0.4 is 20.5 Å². The van der Waals surface area contributed by atoms with Gasteiger partial charge in [0.15, 0.2) is 11.5 Å². The van der Waals surface area contributed by atoms with E-state index in [0.717, 1.165) is 37.8 Å². The summed E-state index contributed by atoms with van der Waals surface area (Å²) in [4.78, 5) is 12.7. The summed E-state index contributed by atoms with van der Waals surface area (Å²) in [5.41, 5.74) is 8.66. The average molecular weight is 435 g/mol. The van der Waals surface area contributed by atoms with Gasteiger partial charge in [-0.2, -0.15) is 10.4 Å². The number of aryl methyl sites for hydroxylation is 1. The van der Waals surface area contributed by atoms with E-state index >= 15 is 0 Å². The van der Waals surface area contributed by atoms with E-state index in [2.05, 4.69) is 30.5 Å². The highest BCUT2D eigenvalue weighted by molar-refractivity contribution is 5.75. The third-order valence-corrected chi connectivity index (χ3v) is 5.35. The number of hydrogen-bond acceptors (Lipinski definition) is 9. The maximum atomic E-state index is 8.86. The van der Waals surface area contributed by atoms with Crippen molar-refractivity contribution in [3.8, 4) is 29.0 Å². The van der Waals surface area contributed by atoms with E-state index in [1.54, 1.807) is 7.11 Å². The minimum atomic E-state index is 0.0344. The number of ether oxygens (including phenoxy) is 2. The highest BCUT2D eigenvalue weighted by Gasteiger charge is 2.24. The maximum Gasteiger partial charge on any atom is 0.226 e. The SMILES string of the molecule is COc1nc(C)cc(O[C@H]2CCCC[C@H](N)C2)c1-c1cc(Nc2cnc(C#N)cn2)n[nH]1. The van der Waals surface area contributed by atoms with Crippen LogP contribution in [0.1, 0.15) is 43.5 Å². The lowest BCUT2D eigenvalue weighted by Crippen LogP contribution is -2.27. The number of aromatic nitrogens is 5. The van der Waals surface area contributed by atoms with E-state index in [0.29, 0.717) is 34.5 Å². The molecule has 3 aromatic rings. The van der Waals surface area contributed by atoms with Gasteiger partial charge in [-0.3, -0.25) is 5.10 Å². The van der Waals surface area contributed by atoms with Gasteiger partial charge in [-0.05, 0) is 32.6 Å². The Morgan fingerprint density at radius 3 is 2.78 bits per heavy atom. The molecule has 0 amide bonds. The number of hydrogen-bond donors (Lipinski definition) is 3. The number of H-pyrrole nitrogens is 1. The third kappa shape index (κ3) is 4.95. The number of nitrogens with one attached hydrogen (secondary N) is 2. The van der Waals surface area contributed by atoms with Gasteiger partial charge in [0.1, 0.15) is 29.3 Å². The average Bonchev–Trinajstić information content (AvgIpc) is 3.14. The van der Waals surface area contributed by atoms with Gasteiger partial charge in [0.2, 0.25) is 5.88 Å². The molecule has 0 radical (unpaired) electrons. The minimum absolute atomic E-state index is 0.0344. The Kier molecular flexibility index (Phi) is 6.47. The summed E-state index contributed by atoms with van der Waals surface area (Å²) >= 11 is 0. The van der Waals surface area contributed by atoms with E-state index in [1.807, 2.05) is 25.1 Å². The number of nitrogens with zero attached hydrogens (tertiary/aromatic N) is 5. The van der Waals surface area contributed by atoms with Gasteiger partial charge < -0.3 is 20.5 Å². The fourth-order valence-corrected chi connectivity index (χ4v) is 3.84. The Hall–Kier alpha value is -3.71. The summed E-state index contributed by atoms with van der Waals surface area (Å²) in [6.45, 7) is 1.90. The van der Waals surface area contributed by atoms with Crippen LogP contribution in [0.3, 0.4) is 0 Å².